The second kappa shape index (κ2) is 3.84. The molecule has 0 amide bonds. The van der Waals surface area contributed by atoms with Crippen molar-refractivity contribution in [3.63, 3.8) is 0 Å². The fraction of sp³-hybridized carbons (Fsp3) is 0.222. The molecule has 0 fully saturated rings. The monoisotopic (exact) mass is 165 g/mol. The first-order valence-corrected chi connectivity index (χ1v) is 3.52. The smallest absolute Gasteiger partial charge is 0.120 e. The minimum atomic E-state index is -1.18. The van der Waals surface area contributed by atoms with E-state index in [0.717, 1.165) is 0 Å². The van der Waals surface area contributed by atoms with Gasteiger partial charge in [0.1, 0.15) is 12.8 Å². The lowest BCUT2D eigenvalue weighted by atomic mass is 10.0. The Kier molecular flexibility index (Phi) is 2.78. The number of hydrogen-bond donors (Lipinski definition) is 1. The maximum absolute atomic E-state index is 12.0. The van der Waals surface area contributed by atoms with E-state index in [2.05, 4.69) is 0 Å². The molecule has 1 unspecified atom stereocenters. The minimum Gasteiger partial charge on any atom is -0.386 e. The summed E-state index contributed by atoms with van der Waals surface area (Å²) >= 11 is 0. The highest BCUT2D eigenvalue weighted by Gasteiger charge is 2.10. The molecule has 0 saturated carbocycles. The molecule has 3 heteroatoms. The van der Waals surface area contributed by atoms with Crippen LogP contribution in [0.25, 0.3) is 0 Å². The zero-order valence-corrected chi connectivity index (χ0v) is 6.37. The Morgan fingerprint density at radius 3 is 2.75 bits per heavy atom. The van der Waals surface area contributed by atoms with Crippen molar-refractivity contribution >= 4 is 0 Å². The summed E-state index contributed by atoms with van der Waals surface area (Å²) in [5.74, 6) is 0. The van der Waals surface area contributed by atoms with Gasteiger partial charge in [0.25, 0.3) is 0 Å². The Bertz CT molecular complexity index is 306. The van der Waals surface area contributed by atoms with Crippen LogP contribution in [0.2, 0.25) is 0 Å². The molecule has 1 N–H and O–H groups in total. The molecule has 12 heavy (non-hydrogen) atoms. The molecule has 0 aliphatic carbocycles. The summed E-state index contributed by atoms with van der Waals surface area (Å²) in [6.07, 6.45) is -1.18. The van der Waals surface area contributed by atoms with Crippen molar-refractivity contribution in [2.24, 2.45) is 0 Å². The molecule has 2 nitrogen and oxygen atoms in total. The van der Waals surface area contributed by atoms with Gasteiger partial charge in [-0.3, -0.25) is 0 Å². The maximum atomic E-state index is 12.0. The van der Waals surface area contributed by atoms with Crippen LogP contribution in [0.4, 0.5) is 4.39 Å². The second-order valence-corrected chi connectivity index (χ2v) is 2.37. The number of halogens is 1. The number of aliphatic hydroxyl groups is 1. The number of nitrogens with zero attached hydrogens (tertiary/aromatic N) is 1. The van der Waals surface area contributed by atoms with Crippen LogP contribution in [0.5, 0.6) is 0 Å². The van der Waals surface area contributed by atoms with Gasteiger partial charge in [-0.2, -0.15) is 5.26 Å². The molecule has 0 heterocycles. The van der Waals surface area contributed by atoms with E-state index in [1.807, 2.05) is 6.07 Å². The van der Waals surface area contributed by atoms with Crippen molar-refractivity contribution in [3.8, 4) is 6.07 Å². The molecule has 1 rings (SSSR count). The molecular weight excluding hydrogens is 157 g/mol. The lowest BCUT2D eigenvalue weighted by Gasteiger charge is -2.06. The predicted octanol–water partition coefficient (Wildman–Crippen LogP) is 1.56. The van der Waals surface area contributed by atoms with E-state index in [-0.39, 0.29) is 0 Å². The zero-order chi connectivity index (χ0) is 8.97. The first-order valence-electron chi connectivity index (χ1n) is 3.52. The summed E-state index contributed by atoms with van der Waals surface area (Å²) < 4.78 is 12.0. The average Bonchev–Trinajstić information content (AvgIpc) is 2.16. The predicted molar refractivity (Wildman–Crippen MR) is 42.1 cm³/mol. The lowest BCUT2D eigenvalue weighted by Crippen LogP contribution is -2.01. The molecule has 0 radical (unpaired) electrons. The van der Waals surface area contributed by atoms with Gasteiger partial charge in [0, 0.05) is 5.56 Å². The largest absolute Gasteiger partial charge is 0.386 e. The van der Waals surface area contributed by atoms with E-state index >= 15 is 0 Å². The first-order chi connectivity index (χ1) is 5.79. The van der Waals surface area contributed by atoms with Crippen LogP contribution >= 0.6 is 0 Å². The number of hydrogen-bond acceptors (Lipinski definition) is 2. The van der Waals surface area contributed by atoms with Gasteiger partial charge in [0.2, 0.25) is 0 Å². The molecule has 0 aliphatic heterocycles. The van der Waals surface area contributed by atoms with Crippen molar-refractivity contribution in [1.29, 1.82) is 5.26 Å². The number of rotatable bonds is 2. The number of alkyl halides is 1. The van der Waals surface area contributed by atoms with Crippen LogP contribution in [-0.4, -0.2) is 11.8 Å². The fourth-order valence-electron chi connectivity index (χ4n) is 0.973. The van der Waals surface area contributed by atoms with Crippen molar-refractivity contribution in [3.05, 3.63) is 35.4 Å². The average molecular weight is 165 g/mol. The fourth-order valence-corrected chi connectivity index (χ4v) is 0.973. The maximum Gasteiger partial charge on any atom is 0.120 e. The molecule has 0 aromatic heterocycles. The Labute approximate surface area is 69.9 Å². The van der Waals surface area contributed by atoms with Crippen LogP contribution < -0.4 is 0 Å². The first kappa shape index (κ1) is 8.69. The van der Waals surface area contributed by atoms with Crippen LogP contribution in [0, 0.1) is 11.3 Å². The van der Waals surface area contributed by atoms with E-state index < -0.39 is 12.8 Å². The van der Waals surface area contributed by atoms with Gasteiger partial charge in [-0.1, -0.05) is 18.2 Å². The van der Waals surface area contributed by atoms with Gasteiger partial charge in [0.15, 0.2) is 0 Å². The number of aliphatic hydroxyl groups excluding tert-OH is 1. The Morgan fingerprint density at radius 1 is 1.50 bits per heavy atom. The summed E-state index contributed by atoms with van der Waals surface area (Å²) in [4.78, 5) is 0. The van der Waals surface area contributed by atoms with Gasteiger partial charge < -0.3 is 5.11 Å². The molecule has 1 atom stereocenters. The van der Waals surface area contributed by atoms with E-state index in [0.29, 0.717) is 11.1 Å². The van der Waals surface area contributed by atoms with Crippen molar-refractivity contribution in [2.75, 3.05) is 6.67 Å². The highest BCUT2D eigenvalue weighted by Crippen LogP contribution is 2.17. The van der Waals surface area contributed by atoms with E-state index in [9.17, 15) is 4.39 Å². The molecule has 62 valence electrons. The molecule has 0 bridgehead atoms. The Hall–Kier alpha value is -1.40. The van der Waals surface area contributed by atoms with E-state index in [1.54, 1.807) is 24.3 Å². The van der Waals surface area contributed by atoms with Crippen molar-refractivity contribution in [1.82, 2.24) is 0 Å². The van der Waals surface area contributed by atoms with Crippen LogP contribution in [-0.2, 0) is 0 Å². The van der Waals surface area contributed by atoms with Crippen molar-refractivity contribution < 1.29 is 9.50 Å². The normalized spacial score (nSPS) is 12.1. The SMILES string of the molecule is N#Cc1ccccc1C(O)CF. The summed E-state index contributed by atoms with van der Waals surface area (Å²) in [6.45, 7) is -0.862. The van der Waals surface area contributed by atoms with Crippen LogP contribution in [0.3, 0.4) is 0 Å². The van der Waals surface area contributed by atoms with Crippen LogP contribution in [0.1, 0.15) is 17.2 Å². The quantitative estimate of drug-likeness (QED) is 0.722. The summed E-state index contributed by atoms with van der Waals surface area (Å²) in [6, 6.07) is 8.31. The topological polar surface area (TPSA) is 44.0 Å². The summed E-state index contributed by atoms with van der Waals surface area (Å²) in [7, 11) is 0. The second-order valence-electron chi connectivity index (χ2n) is 2.37. The molecule has 0 spiro atoms. The Balaban J connectivity index is 3.07. The number of nitriles is 1. The number of benzene rings is 1. The van der Waals surface area contributed by atoms with Crippen LogP contribution in [0.15, 0.2) is 24.3 Å². The minimum absolute atomic E-state index is 0.322. The summed E-state index contributed by atoms with van der Waals surface area (Å²) in [5, 5.41) is 17.7. The lowest BCUT2D eigenvalue weighted by molar-refractivity contribution is 0.141. The van der Waals surface area contributed by atoms with Gasteiger partial charge >= 0.3 is 0 Å². The zero-order valence-electron chi connectivity index (χ0n) is 6.37. The van der Waals surface area contributed by atoms with Gasteiger partial charge in [-0.15, -0.1) is 0 Å². The molecular formula is C9H8FNO. The van der Waals surface area contributed by atoms with Gasteiger partial charge in [-0.05, 0) is 6.07 Å². The molecule has 0 saturated heterocycles. The summed E-state index contributed by atoms with van der Waals surface area (Å²) in [5.41, 5.74) is 0.671. The Morgan fingerprint density at radius 2 is 2.17 bits per heavy atom. The third kappa shape index (κ3) is 1.60. The molecule has 1 aromatic carbocycles. The highest BCUT2D eigenvalue weighted by atomic mass is 19.1. The third-order valence-electron chi connectivity index (χ3n) is 1.59. The van der Waals surface area contributed by atoms with Gasteiger partial charge in [-0.25, -0.2) is 4.39 Å². The molecule has 1 aromatic rings. The third-order valence-corrected chi connectivity index (χ3v) is 1.59. The standard InChI is InChI=1S/C9H8FNO/c10-5-9(12)8-4-2-1-3-7(8)6-11/h1-4,9,12H,5H2. The highest BCUT2D eigenvalue weighted by molar-refractivity contribution is 5.38. The van der Waals surface area contributed by atoms with E-state index in [4.69, 9.17) is 10.4 Å². The van der Waals surface area contributed by atoms with Crippen molar-refractivity contribution in [2.45, 2.75) is 6.10 Å². The van der Waals surface area contributed by atoms with Gasteiger partial charge in [0.05, 0.1) is 11.6 Å². The van der Waals surface area contributed by atoms with E-state index in [1.165, 1.54) is 0 Å². The molecule has 0 aliphatic rings.